The molecule has 1 atom stereocenters. The summed E-state index contributed by atoms with van der Waals surface area (Å²) in [6.45, 7) is 0.771. The SMILES string of the molecule is O=C1CNC(c2nc(Cc3cccs3)no2)CN1. The van der Waals surface area contributed by atoms with Gasteiger partial charge in [0.2, 0.25) is 11.8 Å². The number of carbonyl (C=O) groups is 1. The first-order chi connectivity index (χ1) is 8.81. The van der Waals surface area contributed by atoms with E-state index in [1.54, 1.807) is 11.3 Å². The second kappa shape index (κ2) is 4.87. The lowest BCUT2D eigenvalue weighted by Crippen LogP contribution is -2.47. The van der Waals surface area contributed by atoms with Gasteiger partial charge in [0.05, 0.1) is 6.54 Å². The molecule has 6 nitrogen and oxygen atoms in total. The van der Waals surface area contributed by atoms with Crippen molar-refractivity contribution in [2.24, 2.45) is 0 Å². The second-order valence-corrected chi connectivity index (χ2v) is 5.07. The standard InChI is InChI=1S/C11H12N4O2S/c16-10-6-12-8(5-13-10)11-14-9(15-17-11)4-7-2-1-3-18-7/h1-3,8,12H,4-6H2,(H,13,16). The fraction of sp³-hybridized carbons (Fsp3) is 0.364. The number of thiophene rings is 1. The summed E-state index contributed by atoms with van der Waals surface area (Å²) in [5.41, 5.74) is 0. The molecule has 1 aliphatic heterocycles. The molecule has 0 aromatic carbocycles. The van der Waals surface area contributed by atoms with Gasteiger partial charge in [0.15, 0.2) is 5.82 Å². The summed E-state index contributed by atoms with van der Waals surface area (Å²) < 4.78 is 5.22. The first kappa shape index (κ1) is 11.4. The number of aromatic nitrogens is 2. The van der Waals surface area contributed by atoms with Gasteiger partial charge in [0.25, 0.3) is 0 Å². The fourth-order valence-corrected chi connectivity index (χ4v) is 2.49. The largest absolute Gasteiger partial charge is 0.353 e. The maximum Gasteiger partial charge on any atom is 0.245 e. The predicted molar refractivity (Wildman–Crippen MR) is 65.2 cm³/mol. The van der Waals surface area contributed by atoms with Gasteiger partial charge < -0.3 is 9.84 Å². The van der Waals surface area contributed by atoms with E-state index in [-0.39, 0.29) is 18.5 Å². The highest BCUT2D eigenvalue weighted by molar-refractivity contribution is 7.09. The van der Waals surface area contributed by atoms with E-state index in [9.17, 15) is 4.79 Å². The molecule has 2 N–H and O–H groups in total. The Balaban J connectivity index is 1.67. The summed E-state index contributed by atoms with van der Waals surface area (Å²) in [7, 11) is 0. The minimum Gasteiger partial charge on any atom is -0.353 e. The number of nitrogens with zero attached hydrogens (tertiary/aromatic N) is 2. The first-order valence-corrected chi connectivity index (χ1v) is 6.54. The highest BCUT2D eigenvalue weighted by Gasteiger charge is 2.23. The normalized spacial score (nSPS) is 19.8. The average molecular weight is 264 g/mol. The van der Waals surface area contributed by atoms with Gasteiger partial charge in [-0.05, 0) is 11.4 Å². The summed E-state index contributed by atoms with van der Waals surface area (Å²) in [4.78, 5) is 16.6. The van der Waals surface area contributed by atoms with Gasteiger partial charge in [-0.3, -0.25) is 10.1 Å². The maximum absolute atomic E-state index is 11.0. The van der Waals surface area contributed by atoms with Crippen molar-refractivity contribution in [2.75, 3.05) is 13.1 Å². The summed E-state index contributed by atoms with van der Waals surface area (Å²) >= 11 is 1.67. The van der Waals surface area contributed by atoms with Gasteiger partial charge in [-0.15, -0.1) is 11.3 Å². The van der Waals surface area contributed by atoms with Crippen molar-refractivity contribution in [2.45, 2.75) is 12.5 Å². The van der Waals surface area contributed by atoms with E-state index in [2.05, 4.69) is 20.8 Å². The third-order valence-electron chi connectivity index (χ3n) is 2.71. The van der Waals surface area contributed by atoms with Gasteiger partial charge in [-0.1, -0.05) is 11.2 Å². The molecular weight excluding hydrogens is 252 g/mol. The lowest BCUT2D eigenvalue weighted by Gasteiger charge is -2.20. The molecule has 2 aromatic rings. The first-order valence-electron chi connectivity index (χ1n) is 5.66. The molecule has 2 aromatic heterocycles. The molecule has 1 unspecified atom stereocenters. The van der Waals surface area contributed by atoms with Crippen LogP contribution in [0.25, 0.3) is 0 Å². The number of hydrogen-bond acceptors (Lipinski definition) is 6. The molecule has 1 amide bonds. The Bertz CT molecular complexity index is 527. The van der Waals surface area contributed by atoms with Crippen LogP contribution in [-0.4, -0.2) is 29.1 Å². The van der Waals surface area contributed by atoms with Crippen LogP contribution < -0.4 is 10.6 Å². The van der Waals surface area contributed by atoms with Gasteiger partial charge in [-0.25, -0.2) is 0 Å². The molecule has 1 fully saturated rings. The van der Waals surface area contributed by atoms with E-state index in [1.807, 2.05) is 17.5 Å². The fourth-order valence-electron chi connectivity index (χ4n) is 1.79. The van der Waals surface area contributed by atoms with E-state index in [1.165, 1.54) is 4.88 Å². The number of piperazine rings is 1. The summed E-state index contributed by atoms with van der Waals surface area (Å²) in [5.74, 6) is 1.19. The number of carbonyl (C=O) groups excluding carboxylic acids is 1. The van der Waals surface area contributed by atoms with Crippen molar-refractivity contribution in [1.29, 1.82) is 0 Å². The Hall–Kier alpha value is -1.73. The minimum atomic E-state index is -0.0905. The molecule has 1 aliphatic rings. The lowest BCUT2D eigenvalue weighted by molar-refractivity contribution is -0.121. The van der Waals surface area contributed by atoms with Crippen molar-refractivity contribution < 1.29 is 9.32 Å². The van der Waals surface area contributed by atoms with Gasteiger partial charge >= 0.3 is 0 Å². The molecule has 18 heavy (non-hydrogen) atoms. The van der Waals surface area contributed by atoms with Crippen molar-refractivity contribution in [1.82, 2.24) is 20.8 Å². The molecule has 0 radical (unpaired) electrons. The number of rotatable bonds is 3. The molecule has 3 rings (SSSR count). The van der Waals surface area contributed by atoms with Crippen LogP contribution >= 0.6 is 11.3 Å². The van der Waals surface area contributed by atoms with Crippen LogP contribution in [0.5, 0.6) is 0 Å². The second-order valence-electron chi connectivity index (χ2n) is 4.04. The Morgan fingerprint density at radius 2 is 2.50 bits per heavy atom. The molecule has 1 saturated heterocycles. The Labute approximate surface area is 107 Å². The topological polar surface area (TPSA) is 80.1 Å². The van der Waals surface area contributed by atoms with Crippen LogP contribution in [0.3, 0.4) is 0 Å². The van der Waals surface area contributed by atoms with Gasteiger partial charge in [0.1, 0.15) is 6.04 Å². The smallest absolute Gasteiger partial charge is 0.245 e. The monoisotopic (exact) mass is 264 g/mol. The molecule has 94 valence electrons. The van der Waals surface area contributed by atoms with E-state index in [0.29, 0.717) is 24.7 Å². The van der Waals surface area contributed by atoms with Crippen LogP contribution in [0.1, 0.15) is 22.6 Å². The highest BCUT2D eigenvalue weighted by Crippen LogP contribution is 2.16. The third kappa shape index (κ3) is 2.41. The van der Waals surface area contributed by atoms with E-state index in [4.69, 9.17) is 4.52 Å². The molecule has 0 spiro atoms. The van der Waals surface area contributed by atoms with Crippen molar-refractivity contribution in [3.05, 3.63) is 34.1 Å². The van der Waals surface area contributed by atoms with Gasteiger partial charge in [-0.2, -0.15) is 4.98 Å². The van der Waals surface area contributed by atoms with Crippen molar-refractivity contribution in [3.8, 4) is 0 Å². The van der Waals surface area contributed by atoms with Crippen LogP contribution in [0, 0.1) is 0 Å². The summed E-state index contributed by atoms with van der Waals surface area (Å²) in [5, 5.41) is 11.8. The Morgan fingerprint density at radius 3 is 3.22 bits per heavy atom. The minimum absolute atomic E-state index is 0.00965. The lowest BCUT2D eigenvalue weighted by atomic mass is 10.2. The summed E-state index contributed by atoms with van der Waals surface area (Å²) in [6.07, 6.45) is 0.681. The third-order valence-corrected chi connectivity index (χ3v) is 3.58. The van der Waals surface area contributed by atoms with Crippen LogP contribution in [-0.2, 0) is 11.2 Å². The predicted octanol–water partition coefficient (Wildman–Crippen LogP) is 0.482. The van der Waals surface area contributed by atoms with Crippen molar-refractivity contribution in [3.63, 3.8) is 0 Å². The number of nitrogens with one attached hydrogen (secondary N) is 2. The molecule has 0 bridgehead atoms. The van der Waals surface area contributed by atoms with Crippen LogP contribution in [0.4, 0.5) is 0 Å². The zero-order chi connectivity index (χ0) is 12.4. The zero-order valence-electron chi connectivity index (χ0n) is 9.55. The van der Waals surface area contributed by atoms with E-state index in [0.717, 1.165) is 0 Å². The quantitative estimate of drug-likeness (QED) is 0.843. The van der Waals surface area contributed by atoms with Gasteiger partial charge in [0, 0.05) is 17.8 Å². The molecule has 7 heteroatoms. The molecular formula is C11H12N4O2S. The molecule has 0 aliphatic carbocycles. The average Bonchev–Trinajstić information content (AvgIpc) is 3.02. The highest BCUT2D eigenvalue weighted by atomic mass is 32.1. The Morgan fingerprint density at radius 1 is 1.56 bits per heavy atom. The van der Waals surface area contributed by atoms with E-state index < -0.39 is 0 Å². The molecule has 3 heterocycles. The van der Waals surface area contributed by atoms with Crippen LogP contribution in [0.15, 0.2) is 22.0 Å². The summed E-state index contributed by atoms with van der Waals surface area (Å²) in [6, 6.07) is 3.95. The van der Waals surface area contributed by atoms with Crippen molar-refractivity contribution >= 4 is 17.2 Å². The van der Waals surface area contributed by atoms with E-state index >= 15 is 0 Å². The number of hydrogen-bond donors (Lipinski definition) is 2. The Kier molecular flexibility index (Phi) is 3.07. The number of amides is 1. The molecule has 0 saturated carbocycles. The zero-order valence-corrected chi connectivity index (χ0v) is 10.4. The maximum atomic E-state index is 11.0. The van der Waals surface area contributed by atoms with Crippen LogP contribution in [0.2, 0.25) is 0 Å².